The van der Waals surface area contributed by atoms with Gasteiger partial charge in [0.1, 0.15) is 6.04 Å². The van der Waals surface area contributed by atoms with Crippen LogP contribution < -0.4 is 0 Å². The Morgan fingerprint density at radius 3 is 2.70 bits per heavy atom. The summed E-state index contributed by atoms with van der Waals surface area (Å²) in [6.45, 7) is 2.99. The molecule has 2 heterocycles. The maximum absolute atomic E-state index is 13.0. The number of amides is 1. The SMILES string of the molecule is CN(C)C(C(=O)N1CCC(N2CC(O)C2)C1)c1cccc(Cl)c1. The predicted octanol–water partition coefficient (Wildman–Crippen LogP) is 1.22. The molecule has 1 aromatic carbocycles. The number of hydrogen-bond acceptors (Lipinski definition) is 4. The molecule has 5 nitrogen and oxygen atoms in total. The number of likely N-dealkylation sites (N-methyl/N-ethyl adjacent to an activating group) is 1. The van der Waals surface area contributed by atoms with Gasteiger partial charge in [-0.1, -0.05) is 23.7 Å². The number of aliphatic hydroxyl groups is 1. The molecule has 0 aliphatic carbocycles. The van der Waals surface area contributed by atoms with Crippen molar-refractivity contribution in [1.82, 2.24) is 14.7 Å². The quantitative estimate of drug-likeness (QED) is 0.897. The van der Waals surface area contributed by atoms with Crippen molar-refractivity contribution in [3.05, 3.63) is 34.9 Å². The molecule has 3 rings (SSSR count). The lowest BCUT2D eigenvalue weighted by molar-refractivity contribution is -0.135. The normalized spacial score (nSPS) is 24.0. The van der Waals surface area contributed by atoms with Crippen LogP contribution in [0.1, 0.15) is 18.0 Å². The van der Waals surface area contributed by atoms with Gasteiger partial charge in [-0.2, -0.15) is 0 Å². The summed E-state index contributed by atoms with van der Waals surface area (Å²) in [6.07, 6.45) is 0.787. The maximum atomic E-state index is 13.0. The van der Waals surface area contributed by atoms with Crippen molar-refractivity contribution in [2.45, 2.75) is 24.6 Å². The molecule has 0 bridgehead atoms. The van der Waals surface area contributed by atoms with Gasteiger partial charge in [0.05, 0.1) is 6.10 Å². The molecular weight excluding hydrogens is 314 g/mol. The minimum Gasteiger partial charge on any atom is -0.390 e. The molecule has 0 aromatic heterocycles. The Kier molecular flexibility index (Phi) is 4.92. The summed E-state index contributed by atoms with van der Waals surface area (Å²) in [6, 6.07) is 7.59. The zero-order chi connectivity index (χ0) is 16.6. The molecule has 0 spiro atoms. The van der Waals surface area contributed by atoms with Crippen LogP contribution in [0.2, 0.25) is 5.02 Å². The summed E-state index contributed by atoms with van der Waals surface area (Å²) in [4.78, 5) is 19.2. The van der Waals surface area contributed by atoms with Crippen LogP contribution in [0.4, 0.5) is 0 Å². The van der Waals surface area contributed by atoms with E-state index in [0.29, 0.717) is 11.1 Å². The first-order valence-corrected chi connectivity index (χ1v) is 8.46. The van der Waals surface area contributed by atoms with Gasteiger partial charge >= 0.3 is 0 Å². The Hall–Kier alpha value is -1.14. The molecule has 23 heavy (non-hydrogen) atoms. The van der Waals surface area contributed by atoms with Crippen LogP contribution in [0, 0.1) is 0 Å². The molecule has 2 saturated heterocycles. The fourth-order valence-corrected chi connectivity index (χ4v) is 3.74. The summed E-state index contributed by atoms with van der Waals surface area (Å²) < 4.78 is 0. The minimum atomic E-state index is -0.311. The molecule has 0 radical (unpaired) electrons. The molecule has 1 amide bonds. The molecular formula is C17H24ClN3O2. The standard InChI is InChI=1S/C17H24ClN3O2/c1-19(2)16(12-4-3-5-13(18)8-12)17(23)20-7-6-14(9-20)21-10-15(22)11-21/h3-5,8,14-16,22H,6-7,9-11H2,1-2H3. The number of benzene rings is 1. The highest BCUT2D eigenvalue weighted by atomic mass is 35.5. The number of rotatable bonds is 4. The lowest BCUT2D eigenvalue weighted by atomic mass is 10.0. The first-order valence-electron chi connectivity index (χ1n) is 8.08. The number of carbonyl (C=O) groups is 1. The van der Waals surface area contributed by atoms with Gasteiger partial charge in [0.15, 0.2) is 0 Å². The third-order valence-corrected chi connectivity index (χ3v) is 5.03. The summed E-state index contributed by atoms with van der Waals surface area (Å²) in [5.41, 5.74) is 0.926. The highest BCUT2D eigenvalue weighted by Gasteiger charge is 2.38. The first kappa shape index (κ1) is 16.7. The number of nitrogens with zero attached hydrogens (tertiary/aromatic N) is 3. The monoisotopic (exact) mass is 337 g/mol. The molecule has 126 valence electrons. The zero-order valence-electron chi connectivity index (χ0n) is 13.7. The number of β-amino-alcohol motifs (C(OH)–C–C–N with tert-alkyl or cyclic N) is 1. The van der Waals surface area contributed by atoms with Gasteiger partial charge in [0.2, 0.25) is 5.91 Å². The molecule has 2 unspecified atom stereocenters. The topological polar surface area (TPSA) is 47.0 Å². The second-order valence-electron chi connectivity index (χ2n) is 6.76. The first-order chi connectivity index (χ1) is 11.0. The molecule has 1 N–H and O–H groups in total. The van der Waals surface area contributed by atoms with E-state index in [4.69, 9.17) is 11.6 Å². The van der Waals surface area contributed by atoms with Crippen LogP contribution in [-0.2, 0) is 4.79 Å². The van der Waals surface area contributed by atoms with Crippen LogP contribution in [0.5, 0.6) is 0 Å². The van der Waals surface area contributed by atoms with Crippen LogP contribution in [0.25, 0.3) is 0 Å². The fraction of sp³-hybridized carbons (Fsp3) is 0.588. The number of carbonyl (C=O) groups excluding carboxylic acids is 1. The predicted molar refractivity (Wildman–Crippen MR) is 90.4 cm³/mol. The van der Waals surface area contributed by atoms with Crippen molar-refractivity contribution in [3.8, 4) is 0 Å². The van der Waals surface area contributed by atoms with E-state index < -0.39 is 0 Å². The van der Waals surface area contributed by atoms with E-state index in [1.807, 2.05) is 48.2 Å². The molecule has 2 aliphatic heterocycles. The molecule has 2 aliphatic rings. The van der Waals surface area contributed by atoms with E-state index in [9.17, 15) is 9.90 Å². The Balaban J connectivity index is 1.70. The van der Waals surface area contributed by atoms with Crippen molar-refractivity contribution < 1.29 is 9.90 Å². The summed E-state index contributed by atoms with van der Waals surface area (Å²) in [5, 5.41) is 10.1. The van der Waals surface area contributed by atoms with Gasteiger partial charge in [-0.15, -0.1) is 0 Å². The average Bonchev–Trinajstić information content (AvgIpc) is 2.93. The smallest absolute Gasteiger partial charge is 0.244 e. The Morgan fingerprint density at radius 1 is 1.35 bits per heavy atom. The zero-order valence-corrected chi connectivity index (χ0v) is 14.4. The molecule has 2 fully saturated rings. The maximum Gasteiger partial charge on any atom is 0.244 e. The summed E-state index contributed by atoms with van der Waals surface area (Å²) in [5.74, 6) is 0.126. The average molecular weight is 338 g/mol. The van der Waals surface area contributed by atoms with Gasteiger partial charge in [-0.3, -0.25) is 14.6 Å². The van der Waals surface area contributed by atoms with E-state index in [2.05, 4.69) is 4.90 Å². The Labute approximate surface area is 142 Å². The molecule has 1 aromatic rings. The van der Waals surface area contributed by atoms with Gasteiger partial charge in [-0.05, 0) is 38.2 Å². The third-order valence-electron chi connectivity index (χ3n) is 4.80. The number of halogens is 1. The Bertz CT molecular complexity index is 575. The minimum absolute atomic E-state index is 0.126. The molecule has 0 saturated carbocycles. The molecule has 2 atom stereocenters. The van der Waals surface area contributed by atoms with Gasteiger partial charge in [-0.25, -0.2) is 0 Å². The highest BCUT2D eigenvalue weighted by molar-refractivity contribution is 6.30. The van der Waals surface area contributed by atoms with E-state index in [0.717, 1.165) is 38.2 Å². The Morgan fingerprint density at radius 2 is 2.09 bits per heavy atom. The fourth-order valence-electron chi connectivity index (χ4n) is 3.54. The van der Waals surface area contributed by atoms with Crippen molar-refractivity contribution in [3.63, 3.8) is 0 Å². The number of aliphatic hydroxyl groups excluding tert-OH is 1. The van der Waals surface area contributed by atoms with Gasteiger partial charge in [0.25, 0.3) is 0 Å². The van der Waals surface area contributed by atoms with E-state index in [1.54, 1.807) is 0 Å². The second kappa shape index (κ2) is 6.77. The third kappa shape index (κ3) is 3.53. The number of likely N-dealkylation sites (tertiary alicyclic amines) is 2. The van der Waals surface area contributed by atoms with Crippen molar-refractivity contribution >= 4 is 17.5 Å². The lowest BCUT2D eigenvalue weighted by Gasteiger charge is -2.40. The summed E-state index contributed by atoms with van der Waals surface area (Å²) >= 11 is 6.09. The van der Waals surface area contributed by atoms with E-state index in [1.165, 1.54) is 0 Å². The van der Waals surface area contributed by atoms with E-state index >= 15 is 0 Å². The number of hydrogen-bond donors (Lipinski definition) is 1. The van der Waals surface area contributed by atoms with Gasteiger partial charge < -0.3 is 10.0 Å². The van der Waals surface area contributed by atoms with Crippen LogP contribution in [0.15, 0.2) is 24.3 Å². The largest absolute Gasteiger partial charge is 0.390 e. The van der Waals surface area contributed by atoms with Crippen molar-refractivity contribution in [2.75, 3.05) is 40.3 Å². The summed E-state index contributed by atoms with van der Waals surface area (Å²) in [7, 11) is 3.84. The lowest BCUT2D eigenvalue weighted by Crippen LogP contribution is -2.56. The van der Waals surface area contributed by atoms with E-state index in [-0.39, 0.29) is 18.1 Å². The molecule has 6 heteroatoms. The van der Waals surface area contributed by atoms with Crippen molar-refractivity contribution in [2.24, 2.45) is 0 Å². The van der Waals surface area contributed by atoms with Crippen LogP contribution >= 0.6 is 11.6 Å². The van der Waals surface area contributed by atoms with Crippen LogP contribution in [-0.4, -0.2) is 78.1 Å². The van der Waals surface area contributed by atoms with Gasteiger partial charge in [0, 0.05) is 37.2 Å². The highest BCUT2D eigenvalue weighted by Crippen LogP contribution is 2.27. The van der Waals surface area contributed by atoms with Crippen molar-refractivity contribution in [1.29, 1.82) is 0 Å². The van der Waals surface area contributed by atoms with Crippen LogP contribution in [0.3, 0.4) is 0 Å². The second-order valence-corrected chi connectivity index (χ2v) is 7.19.